The van der Waals surface area contributed by atoms with Crippen molar-refractivity contribution in [2.75, 3.05) is 0 Å². The van der Waals surface area contributed by atoms with Crippen LogP contribution in [0.2, 0.25) is 0 Å². The first-order valence-electron chi connectivity index (χ1n) is 7.53. The van der Waals surface area contributed by atoms with E-state index in [1.54, 1.807) is 0 Å². The zero-order valence-electron chi connectivity index (χ0n) is 12.5. The van der Waals surface area contributed by atoms with Gasteiger partial charge in [0.05, 0.1) is 0 Å². The second-order valence-corrected chi connectivity index (χ2v) is 5.90. The Bertz CT molecular complexity index is 157. The quantitative estimate of drug-likeness (QED) is 0.609. The smallest absolute Gasteiger partial charge is 0.0171 e. The van der Waals surface area contributed by atoms with Gasteiger partial charge in [-0.1, -0.05) is 53.4 Å². The molecule has 0 heterocycles. The van der Waals surface area contributed by atoms with E-state index in [0.29, 0.717) is 0 Å². The fourth-order valence-corrected chi connectivity index (χ4v) is 3.30. The van der Waals surface area contributed by atoms with Gasteiger partial charge in [0, 0.05) is 11.1 Å². The third-order valence-corrected chi connectivity index (χ3v) is 3.70. The predicted molar refractivity (Wildman–Crippen MR) is 78.1 cm³/mol. The Morgan fingerprint density at radius 2 is 0.824 bits per heavy atom. The summed E-state index contributed by atoms with van der Waals surface area (Å²) in [7, 11) is 0. The molecule has 0 unspecified atom stereocenters. The summed E-state index contributed by atoms with van der Waals surface area (Å²) in [5.74, 6) is 0. The van der Waals surface area contributed by atoms with E-state index < -0.39 is 0 Å². The number of rotatable bonds is 10. The Kier molecular flexibility index (Phi) is 8.06. The lowest BCUT2D eigenvalue weighted by Gasteiger charge is -2.39. The second kappa shape index (κ2) is 8.10. The molecule has 2 heteroatoms. The van der Waals surface area contributed by atoms with Gasteiger partial charge in [-0.05, 0) is 32.1 Å². The van der Waals surface area contributed by atoms with Crippen molar-refractivity contribution in [2.45, 2.75) is 96.6 Å². The molecule has 4 N–H and O–H groups in total. The molecular formula is C15H34N2. The van der Waals surface area contributed by atoms with Crippen molar-refractivity contribution >= 4 is 0 Å². The van der Waals surface area contributed by atoms with E-state index in [1.807, 2.05) is 0 Å². The molecule has 0 bridgehead atoms. The molecule has 0 spiro atoms. The highest BCUT2D eigenvalue weighted by Crippen LogP contribution is 2.31. The molecule has 0 saturated carbocycles. The number of nitrogens with two attached hydrogens (primary N) is 2. The highest BCUT2D eigenvalue weighted by atomic mass is 14.8. The van der Waals surface area contributed by atoms with Gasteiger partial charge in [0.25, 0.3) is 0 Å². The molecule has 0 aliphatic carbocycles. The van der Waals surface area contributed by atoms with E-state index in [1.165, 1.54) is 0 Å². The van der Waals surface area contributed by atoms with Crippen molar-refractivity contribution in [1.82, 2.24) is 0 Å². The van der Waals surface area contributed by atoms with Crippen LogP contribution in [0.5, 0.6) is 0 Å². The van der Waals surface area contributed by atoms with Crippen LogP contribution in [0.15, 0.2) is 0 Å². The summed E-state index contributed by atoms with van der Waals surface area (Å²) < 4.78 is 0. The SMILES string of the molecule is CCCC(N)(CCC)CC(N)(CCC)CCC. The van der Waals surface area contributed by atoms with E-state index in [0.717, 1.165) is 57.8 Å². The summed E-state index contributed by atoms with van der Waals surface area (Å²) in [6, 6.07) is 0. The van der Waals surface area contributed by atoms with Crippen molar-refractivity contribution in [3.63, 3.8) is 0 Å². The summed E-state index contributed by atoms with van der Waals surface area (Å²) in [5.41, 5.74) is 13.1. The maximum Gasteiger partial charge on any atom is 0.0171 e. The van der Waals surface area contributed by atoms with Crippen LogP contribution < -0.4 is 11.5 Å². The van der Waals surface area contributed by atoms with Gasteiger partial charge in [-0.3, -0.25) is 0 Å². The van der Waals surface area contributed by atoms with Gasteiger partial charge in [-0.2, -0.15) is 0 Å². The Morgan fingerprint density at radius 3 is 1.00 bits per heavy atom. The normalized spacial score (nSPS) is 13.1. The van der Waals surface area contributed by atoms with E-state index in [4.69, 9.17) is 11.5 Å². The highest BCUT2D eigenvalue weighted by Gasteiger charge is 2.34. The summed E-state index contributed by atoms with van der Waals surface area (Å²) in [5, 5.41) is 0. The molecule has 0 radical (unpaired) electrons. The van der Waals surface area contributed by atoms with Gasteiger partial charge in [-0.25, -0.2) is 0 Å². The van der Waals surface area contributed by atoms with Crippen molar-refractivity contribution < 1.29 is 0 Å². The van der Waals surface area contributed by atoms with Gasteiger partial charge in [0.2, 0.25) is 0 Å². The minimum absolute atomic E-state index is 0.0391. The lowest BCUT2D eigenvalue weighted by atomic mass is 9.74. The average molecular weight is 242 g/mol. The third-order valence-electron chi connectivity index (χ3n) is 3.70. The van der Waals surface area contributed by atoms with Crippen LogP contribution in [0.25, 0.3) is 0 Å². The molecule has 0 rings (SSSR count). The van der Waals surface area contributed by atoms with Crippen LogP contribution in [0.1, 0.15) is 85.5 Å². The monoisotopic (exact) mass is 242 g/mol. The van der Waals surface area contributed by atoms with Gasteiger partial charge in [-0.15, -0.1) is 0 Å². The summed E-state index contributed by atoms with van der Waals surface area (Å²) in [6.07, 6.45) is 10.0. The van der Waals surface area contributed by atoms with E-state index in [2.05, 4.69) is 27.7 Å². The molecule has 0 aromatic carbocycles. The number of hydrogen-bond acceptors (Lipinski definition) is 2. The average Bonchev–Trinajstić information content (AvgIpc) is 2.17. The molecule has 0 atom stereocenters. The molecule has 0 aliphatic heterocycles. The Labute approximate surface area is 109 Å². The van der Waals surface area contributed by atoms with E-state index in [9.17, 15) is 0 Å². The standard InChI is InChI=1S/C15H34N2/c1-5-9-14(16,10-6-2)13-15(17,11-7-3)12-8-4/h5-13,16-17H2,1-4H3. The highest BCUT2D eigenvalue weighted by molar-refractivity contribution is 4.95. The van der Waals surface area contributed by atoms with Crippen LogP contribution in [0.4, 0.5) is 0 Å². The fourth-order valence-electron chi connectivity index (χ4n) is 3.30. The van der Waals surface area contributed by atoms with Crippen LogP contribution in [-0.2, 0) is 0 Å². The third kappa shape index (κ3) is 6.42. The van der Waals surface area contributed by atoms with Crippen molar-refractivity contribution in [3.8, 4) is 0 Å². The summed E-state index contributed by atoms with van der Waals surface area (Å²) in [4.78, 5) is 0. The largest absolute Gasteiger partial charge is 0.325 e. The molecule has 0 aliphatic rings. The maximum atomic E-state index is 6.59. The van der Waals surface area contributed by atoms with Gasteiger partial charge in [0.1, 0.15) is 0 Å². The van der Waals surface area contributed by atoms with E-state index in [-0.39, 0.29) is 11.1 Å². The zero-order valence-corrected chi connectivity index (χ0v) is 12.5. The van der Waals surface area contributed by atoms with Crippen molar-refractivity contribution in [2.24, 2.45) is 11.5 Å². The molecule has 0 amide bonds. The van der Waals surface area contributed by atoms with Gasteiger partial charge in [0.15, 0.2) is 0 Å². The Balaban J connectivity index is 4.65. The Hall–Kier alpha value is -0.0800. The van der Waals surface area contributed by atoms with Crippen molar-refractivity contribution in [3.05, 3.63) is 0 Å². The zero-order chi connectivity index (χ0) is 13.4. The summed E-state index contributed by atoms with van der Waals surface area (Å²) >= 11 is 0. The van der Waals surface area contributed by atoms with Crippen LogP contribution in [0.3, 0.4) is 0 Å². The molecule has 0 saturated heterocycles. The van der Waals surface area contributed by atoms with Gasteiger partial charge >= 0.3 is 0 Å². The minimum Gasteiger partial charge on any atom is -0.325 e. The molecule has 2 nitrogen and oxygen atoms in total. The second-order valence-electron chi connectivity index (χ2n) is 5.90. The van der Waals surface area contributed by atoms with Gasteiger partial charge < -0.3 is 11.5 Å². The predicted octanol–water partition coefficient (Wildman–Crippen LogP) is 3.97. The first kappa shape index (κ1) is 16.9. The number of hydrogen-bond donors (Lipinski definition) is 2. The molecule has 0 aromatic rings. The van der Waals surface area contributed by atoms with Crippen LogP contribution >= 0.6 is 0 Å². The molecule has 17 heavy (non-hydrogen) atoms. The van der Waals surface area contributed by atoms with Crippen LogP contribution in [0, 0.1) is 0 Å². The maximum absolute atomic E-state index is 6.59. The van der Waals surface area contributed by atoms with Crippen molar-refractivity contribution in [1.29, 1.82) is 0 Å². The summed E-state index contributed by atoms with van der Waals surface area (Å²) in [6.45, 7) is 8.87. The first-order chi connectivity index (χ1) is 7.95. The molecular weight excluding hydrogens is 208 g/mol. The first-order valence-corrected chi connectivity index (χ1v) is 7.53. The molecule has 0 aromatic heterocycles. The van der Waals surface area contributed by atoms with Crippen LogP contribution in [-0.4, -0.2) is 11.1 Å². The lowest BCUT2D eigenvalue weighted by Crippen LogP contribution is -2.52. The molecule has 0 fully saturated rings. The van der Waals surface area contributed by atoms with E-state index >= 15 is 0 Å². The molecule has 104 valence electrons. The fraction of sp³-hybridized carbons (Fsp3) is 1.00. The topological polar surface area (TPSA) is 52.0 Å². The Morgan fingerprint density at radius 1 is 0.588 bits per heavy atom. The minimum atomic E-state index is -0.0391. The lowest BCUT2D eigenvalue weighted by molar-refractivity contribution is 0.220.